The van der Waals surface area contributed by atoms with Gasteiger partial charge in [-0.15, -0.1) is 0 Å². The summed E-state index contributed by atoms with van der Waals surface area (Å²) in [7, 11) is 0.214. The fraction of sp³-hybridized carbons (Fsp3) is 0.667. The summed E-state index contributed by atoms with van der Waals surface area (Å²) >= 11 is 0. The lowest BCUT2D eigenvalue weighted by molar-refractivity contribution is 0.0127. The molecule has 0 aliphatic carbocycles. The van der Waals surface area contributed by atoms with Crippen molar-refractivity contribution in [3.63, 3.8) is 0 Å². The van der Waals surface area contributed by atoms with Crippen LogP contribution in [0.3, 0.4) is 0 Å². The molecule has 0 spiro atoms. The molecule has 2 aromatic rings. The van der Waals surface area contributed by atoms with E-state index in [1.807, 2.05) is 60.3 Å². The Kier molecular flexibility index (Phi) is 16.4. The van der Waals surface area contributed by atoms with Gasteiger partial charge in [-0.05, 0) is 54.3 Å². The summed E-state index contributed by atoms with van der Waals surface area (Å²) in [4.78, 5) is 4.21. The van der Waals surface area contributed by atoms with Crippen LogP contribution in [0.1, 0.15) is 69.4 Å². The molecule has 2 aromatic carbocycles. The lowest BCUT2D eigenvalue weighted by Crippen LogP contribution is -2.43. The van der Waals surface area contributed by atoms with Crippen LogP contribution in [-0.2, 0) is 19.3 Å². The normalized spacial score (nSPS) is 18.6. The molecule has 1 heterocycles. The minimum atomic E-state index is -3.65. The molecule has 0 aromatic heterocycles. The number of aliphatic hydroxyl groups is 3. The van der Waals surface area contributed by atoms with E-state index in [-0.39, 0.29) is 19.0 Å². The number of hydrogen-bond donors (Lipinski definition) is 3. The van der Waals surface area contributed by atoms with Gasteiger partial charge in [-0.1, -0.05) is 51.7 Å². The molecule has 11 heteroatoms. The van der Waals surface area contributed by atoms with Crippen molar-refractivity contribution in [2.75, 3.05) is 90.6 Å². The highest BCUT2D eigenvalue weighted by Gasteiger charge is 2.49. The van der Waals surface area contributed by atoms with E-state index >= 15 is 0 Å². The first kappa shape index (κ1) is 39.2. The summed E-state index contributed by atoms with van der Waals surface area (Å²) in [6, 6.07) is 13.2. The van der Waals surface area contributed by atoms with E-state index in [0.717, 1.165) is 36.9 Å². The van der Waals surface area contributed by atoms with Gasteiger partial charge in [0.1, 0.15) is 12.4 Å². The maximum Gasteiger partial charge on any atom is 0.179 e. The lowest BCUT2D eigenvalue weighted by atomic mass is 9.68. The molecule has 10 nitrogen and oxygen atoms in total. The van der Waals surface area contributed by atoms with Crippen LogP contribution in [0, 0.1) is 5.41 Å². The van der Waals surface area contributed by atoms with Crippen molar-refractivity contribution in [1.82, 2.24) is 4.90 Å². The van der Waals surface area contributed by atoms with Gasteiger partial charge in [0.25, 0.3) is 0 Å². The summed E-state index contributed by atoms with van der Waals surface area (Å²) < 4.78 is 45.2. The third-order valence-electron chi connectivity index (χ3n) is 9.15. The number of aliphatic hydroxyl groups excluding tert-OH is 3. The van der Waals surface area contributed by atoms with Crippen molar-refractivity contribution in [1.29, 1.82) is 0 Å². The van der Waals surface area contributed by atoms with Crippen molar-refractivity contribution in [3.8, 4) is 5.75 Å². The number of hydrogen-bond acceptors (Lipinski definition) is 10. The predicted octanol–water partition coefficient (Wildman–Crippen LogP) is 4.10. The number of fused-ring (bicyclic) bond motifs is 1. The Hall–Kier alpha value is -2.25. The van der Waals surface area contributed by atoms with Crippen LogP contribution < -0.4 is 9.64 Å². The van der Waals surface area contributed by atoms with E-state index in [1.165, 1.54) is 0 Å². The highest BCUT2D eigenvalue weighted by Crippen LogP contribution is 2.50. The van der Waals surface area contributed by atoms with Gasteiger partial charge in [0, 0.05) is 50.7 Å². The van der Waals surface area contributed by atoms with E-state index < -0.39 is 27.3 Å². The molecule has 0 radical (unpaired) electrons. The van der Waals surface area contributed by atoms with E-state index in [1.54, 1.807) is 6.07 Å². The first-order valence-electron chi connectivity index (χ1n) is 17.2. The van der Waals surface area contributed by atoms with Crippen LogP contribution in [0.4, 0.5) is 5.69 Å². The van der Waals surface area contributed by atoms with Crippen LogP contribution in [0.15, 0.2) is 47.4 Å². The van der Waals surface area contributed by atoms with Crippen molar-refractivity contribution in [2.24, 2.45) is 5.41 Å². The molecule has 2 atom stereocenters. The van der Waals surface area contributed by atoms with Gasteiger partial charge in [-0.3, -0.25) is 4.90 Å². The van der Waals surface area contributed by atoms with Gasteiger partial charge in [0.05, 0.1) is 56.4 Å². The van der Waals surface area contributed by atoms with Crippen LogP contribution in [0.5, 0.6) is 5.75 Å². The Morgan fingerprint density at radius 1 is 0.830 bits per heavy atom. The number of benzene rings is 2. The molecule has 0 unspecified atom stereocenters. The standard InChI is InChI=1S/C36H58N2O8S/c1-5-7-15-36(16-8-6-2)28-47(42,43)33-14-11-30(37(3)4)27-32(33)34(35(36)41)29-9-12-31(13-10-29)46-26-25-45-24-23-44-22-19-38(17-20-39)18-21-40/h9-14,27,34-35,39-41H,5-8,15-26,28H2,1-4H3/t34-,35-/m1/s1. The predicted molar refractivity (Wildman–Crippen MR) is 186 cm³/mol. The number of sulfone groups is 1. The number of unbranched alkanes of at least 4 members (excludes halogenated alkanes) is 2. The second kappa shape index (κ2) is 19.7. The Bertz CT molecular complexity index is 1270. The van der Waals surface area contributed by atoms with Crippen molar-refractivity contribution in [3.05, 3.63) is 53.6 Å². The zero-order valence-corrected chi connectivity index (χ0v) is 29.7. The fourth-order valence-corrected chi connectivity index (χ4v) is 8.71. The SMILES string of the molecule is CCCCC1(CCCC)CS(=O)(=O)c2ccc(N(C)C)cc2[C@@H](c2ccc(OCCOCCOCCN(CCO)CCO)cc2)[C@H]1O. The van der Waals surface area contributed by atoms with E-state index in [0.29, 0.717) is 81.7 Å². The number of ether oxygens (including phenoxy) is 3. The average Bonchev–Trinajstić information content (AvgIpc) is 3.12. The maximum atomic E-state index is 14.0. The Balaban J connectivity index is 1.71. The van der Waals surface area contributed by atoms with Crippen LogP contribution in [0.2, 0.25) is 0 Å². The highest BCUT2D eigenvalue weighted by atomic mass is 32.2. The molecule has 3 N–H and O–H groups in total. The first-order valence-corrected chi connectivity index (χ1v) is 18.8. The molecular weight excluding hydrogens is 620 g/mol. The molecule has 3 rings (SSSR count). The van der Waals surface area contributed by atoms with Gasteiger partial charge in [0.2, 0.25) is 0 Å². The number of nitrogens with zero attached hydrogens (tertiary/aromatic N) is 2. The molecule has 0 fully saturated rings. The minimum absolute atomic E-state index is 0.0447. The van der Waals surface area contributed by atoms with Gasteiger partial charge in [0.15, 0.2) is 9.84 Å². The molecule has 1 aliphatic rings. The summed E-state index contributed by atoms with van der Waals surface area (Å²) in [5.74, 6) is 0.111. The highest BCUT2D eigenvalue weighted by molar-refractivity contribution is 7.91. The largest absolute Gasteiger partial charge is 0.491 e. The van der Waals surface area contributed by atoms with Crippen LogP contribution in [0.25, 0.3) is 0 Å². The van der Waals surface area contributed by atoms with Gasteiger partial charge < -0.3 is 34.4 Å². The zero-order valence-electron chi connectivity index (χ0n) is 28.9. The van der Waals surface area contributed by atoms with Crippen molar-refractivity contribution in [2.45, 2.75) is 69.3 Å². The molecule has 0 amide bonds. The topological polar surface area (TPSA) is 129 Å². The summed E-state index contributed by atoms with van der Waals surface area (Å²) in [6.45, 7) is 8.06. The van der Waals surface area contributed by atoms with Crippen LogP contribution >= 0.6 is 0 Å². The molecule has 0 bridgehead atoms. The van der Waals surface area contributed by atoms with E-state index in [9.17, 15) is 13.5 Å². The molecular formula is C36H58N2O8S. The first-order chi connectivity index (χ1) is 22.6. The van der Waals surface area contributed by atoms with Gasteiger partial charge in [-0.25, -0.2) is 8.42 Å². The maximum absolute atomic E-state index is 14.0. The summed E-state index contributed by atoms with van der Waals surface area (Å²) in [6.07, 6.45) is 4.03. The molecule has 0 saturated carbocycles. The third kappa shape index (κ3) is 11.1. The molecule has 1 aliphatic heterocycles. The Morgan fingerprint density at radius 2 is 1.43 bits per heavy atom. The van der Waals surface area contributed by atoms with Crippen molar-refractivity contribution >= 4 is 15.5 Å². The number of rotatable bonds is 22. The quantitative estimate of drug-likeness (QED) is 0.157. The van der Waals surface area contributed by atoms with Gasteiger partial charge >= 0.3 is 0 Å². The van der Waals surface area contributed by atoms with E-state index in [2.05, 4.69) is 13.8 Å². The fourth-order valence-electron chi connectivity index (χ4n) is 6.51. The summed E-state index contributed by atoms with van der Waals surface area (Å²) in [5.41, 5.74) is 1.65. The Labute approximate surface area is 282 Å². The van der Waals surface area contributed by atoms with Crippen molar-refractivity contribution < 1.29 is 37.9 Å². The third-order valence-corrected chi connectivity index (χ3v) is 11.1. The summed E-state index contributed by atoms with van der Waals surface area (Å²) in [5, 5.41) is 30.5. The Morgan fingerprint density at radius 3 is 2.00 bits per heavy atom. The van der Waals surface area contributed by atoms with Crippen LogP contribution in [-0.4, -0.2) is 120 Å². The minimum Gasteiger partial charge on any atom is -0.491 e. The molecule has 0 saturated heterocycles. The molecule has 47 heavy (non-hydrogen) atoms. The second-order valence-electron chi connectivity index (χ2n) is 12.8. The smallest absolute Gasteiger partial charge is 0.179 e. The monoisotopic (exact) mass is 678 g/mol. The second-order valence-corrected chi connectivity index (χ2v) is 14.8. The van der Waals surface area contributed by atoms with E-state index in [4.69, 9.17) is 24.4 Å². The average molecular weight is 679 g/mol. The number of anilines is 1. The zero-order chi connectivity index (χ0) is 34.3. The van der Waals surface area contributed by atoms with Gasteiger partial charge in [-0.2, -0.15) is 0 Å². The lowest BCUT2D eigenvalue weighted by Gasteiger charge is -2.40. The molecule has 266 valence electrons.